The summed E-state index contributed by atoms with van der Waals surface area (Å²) in [6.45, 7) is 3.78. The average molecular weight is 244 g/mol. The Balaban J connectivity index is 1.89. The number of hydrogen-bond donors (Lipinski definition) is 1. The molecule has 1 heterocycles. The van der Waals surface area contributed by atoms with E-state index in [2.05, 4.69) is 18.7 Å². The Hall–Kier alpha value is -1.12. The molecule has 3 rings (SSSR count). The van der Waals surface area contributed by atoms with Crippen LogP contribution >= 0.6 is 0 Å². The molecular weight excluding hydrogens is 224 g/mol. The van der Waals surface area contributed by atoms with Crippen LogP contribution < -0.4 is 0 Å². The van der Waals surface area contributed by atoms with Gasteiger partial charge in [-0.2, -0.15) is 0 Å². The highest BCUT2D eigenvalue weighted by Crippen LogP contribution is 2.62. The zero-order valence-corrected chi connectivity index (χ0v) is 10.6. The molecule has 0 bridgehead atoms. The van der Waals surface area contributed by atoms with Crippen LogP contribution in [0.25, 0.3) is 0 Å². The van der Waals surface area contributed by atoms with Gasteiger partial charge < -0.3 is 9.84 Å². The first kappa shape index (κ1) is 11.9. The maximum atomic E-state index is 10.9. The van der Waals surface area contributed by atoms with E-state index in [9.17, 15) is 5.11 Å². The molecule has 2 heteroatoms. The van der Waals surface area contributed by atoms with Crippen molar-refractivity contribution in [2.45, 2.75) is 49.4 Å². The summed E-state index contributed by atoms with van der Waals surface area (Å²) < 4.78 is 6.00. The molecule has 0 unspecified atom stereocenters. The Morgan fingerprint density at radius 2 is 2.00 bits per heavy atom. The second-order valence-electron chi connectivity index (χ2n) is 5.53. The van der Waals surface area contributed by atoms with Crippen LogP contribution in [0.2, 0.25) is 0 Å². The van der Waals surface area contributed by atoms with E-state index >= 15 is 0 Å². The Kier molecular flexibility index (Phi) is 2.80. The number of epoxide rings is 1. The van der Waals surface area contributed by atoms with Gasteiger partial charge in [0.05, 0.1) is 5.60 Å². The van der Waals surface area contributed by atoms with Crippen molar-refractivity contribution in [3.8, 4) is 0 Å². The van der Waals surface area contributed by atoms with Gasteiger partial charge in [0.15, 0.2) is 0 Å². The van der Waals surface area contributed by atoms with Gasteiger partial charge >= 0.3 is 0 Å². The minimum absolute atomic E-state index is 0.0592. The highest BCUT2D eigenvalue weighted by atomic mass is 16.6. The van der Waals surface area contributed by atoms with Crippen LogP contribution in [0.15, 0.2) is 43.0 Å². The monoisotopic (exact) mass is 244 g/mol. The second kappa shape index (κ2) is 4.22. The van der Waals surface area contributed by atoms with Crippen molar-refractivity contribution in [1.82, 2.24) is 0 Å². The number of ether oxygens (including phenoxy) is 1. The number of aliphatic hydroxyl groups is 1. The van der Waals surface area contributed by atoms with Gasteiger partial charge in [0, 0.05) is 0 Å². The highest BCUT2D eigenvalue weighted by molar-refractivity contribution is 5.31. The molecule has 0 amide bonds. The maximum absolute atomic E-state index is 10.9. The smallest absolute Gasteiger partial charge is 0.128 e. The molecule has 1 aromatic carbocycles. The van der Waals surface area contributed by atoms with Gasteiger partial charge in [0.2, 0.25) is 0 Å². The van der Waals surface area contributed by atoms with Crippen molar-refractivity contribution < 1.29 is 9.84 Å². The summed E-state index contributed by atoms with van der Waals surface area (Å²) in [5, 5.41) is 10.9. The molecule has 3 atom stereocenters. The van der Waals surface area contributed by atoms with Gasteiger partial charge in [0.25, 0.3) is 0 Å². The quantitative estimate of drug-likeness (QED) is 0.653. The Morgan fingerprint density at radius 1 is 1.28 bits per heavy atom. The minimum Gasteiger partial charge on any atom is -0.386 e. The zero-order chi connectivity index (χ0) is 12.6. The number of hydrogen-bond acceptors (Lipinski definition) is 2. The molecule has 0 aromatic heterocycles. The van der Waals surface area contributed by atoms with Crippen LogP contribution in [-0.4, -0.2) is 16.3 Å². The summed E-state index contributed by atoms with van der Waals surface area (Å²) in [5.74, 6) is 0. The van der Waals surface area contributed by atoms with E-state index in [0.717, 1.165) is 25.7 Å². The lowest BCUT2D eigenvalue weighted by molar-refractivity contribution is -0.0637. The second-order valence-corrected chi connectivity index (χ2v) is 5.53. The van der Waals surface area contributed by atoms with E-state index in [4.69, 9.17) is 4.74 Å². The molecule has 1 N–H and O–H groups in total. The lowest BCUT2D eigenvalue weighted by Crippen LogP contribution is -2.48. The lowest BCUT2D eigenvalue weighted by Gasteiger charge is -2.38. The maximum Gasteiger partial charge on any atom is 0.128 e. The van der Waals surface area contributed by atoms with Crippen molar-refractivity contribution in [1.29, 1.82) is 0 Å². The first-order valence-electron chi connectivity index (χ1n) is 6.78. The van der Waals surface area contributed by atoms with Gasteiger partial charge in [-0.15, -0.1) is 6.58 Å². The molecule has 0 radical (unpaired) electrons. The Bertz CT molecular complexity index is 442. The van der Waals surface area contributed by atoms with Crippen LogP contribution in [0.3, 0.4) is 0 Å². The van der Waals surface area contributed by atoms with Crippen LogP contribution in [0, 0.1) is 0 Å². The molecule has 2 fully saturated rings. The molecule has 1 aliphatic carbocycles. The van der Waals surface area contributed by atoms with Crippen LogP contribution in [0.1, 0.15) is 43.8 Å². The van der Waals surface area contributed by atoms with Crippen molar-refractivity contribution in [3.63, 3.8) is 0 Å². The van der Waals surface area contributed by atoms with Crippen molar-refractivity contribution in [2.24, 2.45) is 0 Å². The van der Waals surface area contributed by atoms with Crippen LogP contribution in [0.5, 0.6) is 0 Å². The van der Waals surface area contributed by atoms with E-state index in [1.165, 1.54) is 5.56 Å². The van der Waals surface area contributed by atoms with Gasteiger partial charge in [-0.1, -0.05) is 49.2 Å². The molecule has 1 spiro atoms. The summed E-state index contributed by atoms with van der Waals surface area (Å²) >= 11 is 0. The molecule has 96 valence electrons. The highest BCUT2D eigenvalue weighted by Gasteiger charge is 2.68. The van der Waals surface area contributed by atoms with Crippen molar-refractivity contribution in [2.75, 3.05) is 0 Å². The fourth-order valence-corrected chi connectivity index (χ4v) is 3.45. The van der Waals surface area contributed by atoms with E-state index in [-0.39, 0.29) is 11.7 Å². The number of benzene rings is 1. The molecule has 1 saturated carbocycles. The van der Waals surface area contributed by atoms with Gasteiger partial charge in [-0.05, 0) is 24.8 Å². The first-order valence-corrected chi connectivity index (χ1v) is 6.78. The van der Waals surface area contributed by atoms with E-state index < -0.39 is 5.60 Å². The molecule has 2 nitrogen and oxygen atoms in total. The van der Waals surface area contributed by atoms with Crippen molar-refractivity contribution >= 4 is 0 Å². The Morgan fingerprint density at radius 3 is 2.72 bits per heavy atom. The summed E-state index contributed by atoms with van der Waals surface area (Å²) in [4.78, 5) is 0. The van der Waals surface area contributed by atoms with Gasteiger partial charge in [-0.25, -0.2) is 0 Å². The first-order chi connectivity index (χ1) is 8.72. The van der Waals surface area contributed by atoms with E-state index in [1.807, 2.05) is 24.3 Å². The third-order valence-corrected chi connectivity index (χ3v) is 4.46. The summed E-state index contributed by atoms with van der Waals surface area (Å²) in [6.07, 6.45) is 6.50. The van der Waals surface area contributed by atoms with E-state index in [0.29, 0.717) is 6.42 Å². The lowest BCUT2D eigenvalue weighted by atomic mass is 9.70. The average Bonchev–Trinajstić information content (AvgIpc) is 3.11. The number of rotatable bonds is 3. The fourth-order valence-electron chi connectivity index (χ4n) is 3.45. The molecule has 18 heavy (non-hydrogen) atoms. The third-order valence-electron chi connectivity index (χ3n) is 4.46. The predicted molar refractivity (Wildman–Crippen MR) is 71.2 cm³/mol. The minimum atomic E-state index is -0.729. The Labute approximate surface area is 108 Å². The predicted octanol–water partition coefficient (Wildman–Crippen LogP) is 3.38. The fraction of sp³-hybridized carbons (Fsp3) is 0.500. The topological polar surface area (TPSA) is 32.8 Å². The third kappa shape index (κ3) is 1.63. The van der Waals surface area contributed by atoms with Gasteiger partial charge in [-0.3, -0.25) is 0 Å². The molecule has 1 aliphatic heterocycles. The SMILES string of the molecule is C=CC[C@@]1(O)CCCC[C@]12O[C@H]2c1ccccc1. The normalized spacial score (nSPS) is 38.6. The largest absolute Gasteiger partial charge is 0.386 e. The molecule has 2 aliphatic rings. The standard InChI is InChI=1S/C16H20O2/c1-2-10-15(17)11-6-7-12-16(15)14(18-16)13-8-4-3-5-9-13/h2-5,8-9,14,17H,1,6-7,10-12H2/t14-,15+,16+/m0/s1. The molecule has 1 saturated heterocycles. The van der Waals surface area contributed by atoms with Gasteiger partial charge in [0.1, 0.15) is 11.7 Å². The summed E-state index contributed by atoms with van der Waals surface area (Å²) in [5.41, 5.74) is 0.0933. The molecular formula is C16H20O2. The summed E-state index contributed by atoms with van der Waals surface area (Å²) in [6, 6.07) is 10.2. The van der Waals surface area contributed by atoms with Crippen LogP contribution in [-0.2, 0) is 4.74 Å². The van der Waals surface area contributed by atoms with E-state index in [1.54, 1.807) is 0 Å². The zero-order valence-electron chi connectivity index (χ0n) is 10.6. The molecule has 1 aromatic rings. The van der Waals surface area contributed by atoms with Crippen molar-refractivity contribution in [3.05, 3.63) is 48.6 Å². The summed E-state index contributed by atoms with van der Waals surface area (Å²) in [7, 11) is 0. The van der Waals surface area contributed by atoms with Crippen LogP contribution in [0.4, 0.5) is 0 Å².